The van der Waals surface area contributed by atoms with Gasteiger partial charge in [-0.1, -0.05) is 26.2 Å². The van der Waals surface area contributed by atoms with Crippen LogP contribution in [-0.4, -0.2) is 25.0 Å². The van der Waals surface area contributed by atoms with Crippen LogP contribution in [0.3, 0.4) is 0 Å². The van der Waals surface area contributed by atoms with Crippen LogP contribution in [0.1, 0.15) is 46.0 Å². The minimum absolute atomic E-state index is 0.585. The zero-order valence-corrected chi connectivity index (χ0v) is 9.06. The highest BCUT2D eigenvalue weighted by molar-refractivity contribution is 4.87. The summed E-state index contributed by atoms with van der Waals surface area (Å²) < 4.78 is 0. The van der Waals surface area contributed by atoms with Gasteiger partial charge in [0.15, 0.2) is 0 Å². The van der Waals surface area contributed by atoms with Crippen molar-refractivity contribution in [3.8, 4) is 0 Å². The summed E-state index contributed by atoms with van der Waals surface area (Å²) in [5.41, 5.74) is 0.585. The van der Waals surface area contributed by atoms with Gasteiger partial charge in [-0.15, -0.1) is 0 Å². The lowest BCUT2D eigenvalue weighted by Gasteiger charge is -2.42. The molecule has 0 aromatic carbocycles. The summed E-state index contributed by atoms with van der Waals surface area (Å²) in [7, 11) is 4.40. The molecule has 1 saturated carbocycles. The molecule has 1 aliphatic rings. The minimum Gasteiger partial charge on any atom is -0.306 e. The lowest BCUT2D eigenvalue weighted by atomic mass is 9.71. The van der Waals surface area contributed by atoms with Gasteiger partial charge in [-0.3, -0.25) is 0 Å². The van der Waals surface area contributed by atoms with Crippen molar-refractivity contribution >= 4 is 0 Å². The molecule has 0 spiro atoms. The molecule has 1 nitrogen and oxygen atoms in total. The van der Waals surface area contributed by atoms with E-state index < -0.39 is 0 Å². The van der Waals surface area contributed by atoms with Crippen molar-refractivity contribution in [2.24, 2.45) is 5.41 Å². The molecule has 0 N–H and O–H groups in total. The van der Waals surface area contributed by atoms with Crippen molar-refractivity contribution in [3.63, 3.8) is 0 Å². The maximum absolute atomic E-state index is 2.46. The van der Waals surface area contributed by atoms with Crippen molar-refractivity contribution in [1.29, 1.82) is 0 Å². The monoisotopic (exact) mass is 169 g/mol. The molecule has 72 valence electrons. The third-order valence-corrected chi connectivity index (χ3v) is 3.78. The fraction of sp³-hybridized carbons (Fsp3) is 1.00. The van der Waals surface area contributed by atoms with Crippen LogP contribution >= 0.6 is 0 Å². The normalized spacial score (nSPS) is 25.8. The van der Waals surface area contributed by atoms with Crippen molar-refractivity contribution in [1.82, 2.24) is 4.90 Å². The zero-order valence-electron chi connectivity index (χ0n) is 9.06. The van der Waals surface area contributed by atoms with Crippen molar-refractivity contribution in [3.05, 3.63) is 0 Å². The third-order valence-electron chi connectivity index (χ3n) is 3.78. The molecule has 0 saturated heterocycles. The molecule has 0 radical (unpaired) electrons. The summed E-state index contributed by atoms with van der Waals surface area (Å²) in [6.45, 7) is 4.82. The lowest BCUT2D eigenvalue weighted by Crippen LogP contribution is -2.41. The van der Waals surface area contributed by atoms with Crippen LogP contribution in [0, 0.1) is 5.41 Å². The second kappa shape index (κ2) is 3.78. The van der Waals surface area contributed by atoms with Crippen LogP contribution in [0.25, 0.3) is 0 Å². The highest BCUT2D eigenvalue weighted by atomic mass is 15.1. The van der Waals surface area contributed by atoms with Gasteiger partial charge < -0.3 is 4.90 Å². The van der Waals surface area contributed by atoms with Gasteiger partial charge in [0.05, 0.1) is 0 Å². The largest absolute Gasteiger partial charge is 0.306 e. The molecule has 1 heteroatoms. The van der Waals surface area contributed by atoms with Crippen LogP contribution < -0.4 is 0 Å². The first-order chi connectivity index (χ1) is 5.56. The summed E-state index contributed by atoms with van der Waals surface area (Å²) >= 11 is 0. The summed E-state index contributed by atoms with van der Waals surface area (Å²) in [6, 6.07) is 0.734. The molecule has 0 aromatic heterocycles. The van der Waals surface area contributed by atoms with Gasteiger partial charge in [0.2, 0.25) is 0 Å². The van der Waals surface area contributed by atoms with Crippen molar-refractivity contribution in [2.45, 2.75) is 52.0 Å². The van der Waals surface area contributed by atoms with E-state index in [1.165, 1.54) is 32.1 Å². The number of rotatable bonds is 2. The van der Waals surface area contributed by atoms with E-state index in [2.05, 4.69) is 32.8 Å². The molecule has 1 fully saturated rings. The first-order valence-corrected chi connectivity index (χ1v) is 5.23. The average molecular weight is 169 g/mol. The van der Waals surface area contributed by atoms with Crippen LogP contribution in [0.15, 0.2) is 0 Å². The Bertz CT molecular complexity index is 134. The maximum atomic E-state index is 2.46. The van der Waals surface area contributed by atoms with Gasteiger partial charge >= 0.3 is 0 Å². The standard InChI is InChI=1S/C11H23N/c1-10(12(3)4)11(2)8-6-5-7-9-11/h10H,5-9H2,1-4H3. The summed E-state index contributed by atoms with van der Waals surface area (Å²) in [5, 5.41) is 0. The van der Waals surface area contributed by atoms with Gasteiger partial charge in [0.1, 0.15) is 0 Å². The molecule has 0 heterocycles. The molecular weight excluding hydrogens is 146 g/mol. The topological polar surface area (TPSA) is 3.24 Å². The Hall–Kier alpha value is -0.0400. The molecule has 12 heavy (non-hydrogen) atoms. The van der Waals surface area contributed by atoms with Crippen LogP contribution in [0.5, 0.6) is 0 Å². The van der Waals surface area contributed by atoms with E-state index in [0.29, 0.717) is 5.41 Å². The molecule has 0 bridgehead atoms. The van der Waals surface area contributed by atoms with E-state index in [1.807, 2.05) is 0 Å². The van der Waals surface area contributed by atoms with E-state index >= 15 is 0 Å². The fourth-order valence-corrected chi connectivity index (χ4v) is 2.40. The Labute approximate surface area is 77.1 Å². The van der Waals surface area contributed by atoms with Gasteiger partial charge in [0.25, 0.3) is 0 Å². The van der Waals surface area contributed by atoms with E-state index in [9.17, 15) is 0 Å². The SMILES string of the molecule is CC(N(C)C)C1(C)CCCCC1. The summed E-state index contributed by atoms with van der Waals surface area (Å²) in [4.78, 5) is 2.37. The number of hydrogen-bond donors (Lipinski definition) is 0. The fourth-order valence-electron chi connectivity index (χ4n) is 2.40. The molecule has 1 rings (SSSR count). The zero-order chi connectivity index (χ0) is 9.19. The van der Waals surface area contributed by atoms with Gasteiger partial charge in [-0.25, -0.2) is 0 Å². The van der Waals surface area contributed by atoms with Crippen LogP contribution in [0.4, 0.5) is 0 Å². The first-order valence-electron chi connectivity index (χ1n) is 5.23. The first kappa shape index (κ1) is 10.0. The Morgan fingerprint density at radius 3 is 2.00 bits per heavy atom. The van der Waals surface area contributed by atoms with Gasteiger partial charge in [-0.05, 0) is 39.3 Å². The van der Waals surface area contributed by atoms with Gasteiger partial charge in [0, 0.05) is 6.04 Å². The summed E-state index contributed by atoms with van der Waals surface area (Å²) in [5.74, 6) is 0. The molecule has 1 unspecified atom stereocenters. The molecule has 1 aliphatic carbocycles. The van der Waals surface area contributed by atoms with Gasteiger partial charge in [-0.2, -0.15) is 0 Å². The lowest BCUT2D eigenvalue weighted by molar-refractivity contribution is 0.0886. The Kier molecular flexibility index (Phi) is 3.16. The predicted octanol–water partition coefficient (Wildman–Crippen LogP) is 2.91. The highest BCUT2D eigenvalue weighted by Gasteiger charge is 2.33. The van der Waals surface area contributed by atoms with E-state index in [0.717, 1.165) is 6.04 Å². The van der Waals surface area contributed by atoms with Crippen LogP contribution in [0.2, 0.25) is 0 Å². The smallest absolute Gasteiger partial charge is 0.0115 e. The molecule has 1 atom stereocenters. The Morgan fingerprint density at radius 2 is 1.58 bits per heavy atom. The van der Waals surface area contributed by atoms with E-state index in [-0.39, 0.29) is 0 Å². The highest BCUT2D eigenvalue weighted by Crippen LogP contribution is 2.39. The number of hydrogen-bond acceptors (Lipinski definition) is 1. The molecule has 0 aromatic rings. The number of nitrogens with zero attached hydrogens (tertiary/aromatic N) is 1. The second-order valence-corrected chi connectivity index (χ2v) is 4.85. The average Bonchev–Trinajstić information content (AvgIpc) is 2.04. The molecule has 0 aliphatic heterocycles. The van der Waals surface area contributed by atoms with E-state index in [1.54, 1.807) is 0 Å². The van der Waals surface area contributed by atoms with Crippen molar-refractivity contribution in [2.75, 3.05) is 14.1 Å². The van der Waals surface area contributed by atoms with Crippen molar-refractivity contribution < 1.29 is 0 Å². The molecule has 0 amide bonds. The van der Waals surface area contributed by atoms with Crippen LogP contribution in [-0.2, 0) is 0 Å². The molecular formula is C11H23N. The Morgan fingerprint density at radius 1 is 1.08 bits per heavy atom. The summed E-state index contributed by atoms with van der Waals surface area (Å²) in [6.07, 6.45) is 7.18. The third kappa shape index (κ3) is 2.01. The predicted molar refractivity (Wildman–Crippen MR) is 54.3 cm³/mol. The second-order valence-electron chi connectivity index (χ2n) is 4.85. The quantitative estimate of drug-likeness (QED) is 0.614. The Balaban J connectivity index is 2.56. The minimum atomic E-state index is 0.585. The van der Waals surface area contributed by atoms with E-state index in [4.69, 9.17) is 0 Å². The maximum Gasteiger partial charge on any atom is 0.0115 e.